The van der Waals surface area contributed by atoms with E-state index in [0.29, 0.717) is 6.42 Å². The summed E-state index contributed by atoms with van der Waals surface area (Å²) in [6.07, 6.45) is 0.409. The Balaban J connectivity index is 1.81. The van der Waals surface area contributed by atoms with E-state index in [4.69, 9.17) is 0 Å². The third-order valence-corrected chi connectivity index (χ3v) is 4.25. The van der Waals surface area contributed by atoms with Crippen molar-refractivity contribution in [2.75, 3.05) is 5.32 Å². The van der Waals surface area contributed by atoms with E-state index in [0.717, 1.165) is 28.2 Å². The minimum atomic E-state index is -0.0187. The Morgan fingerprint density at radius 3 is 2.39 bits per heavy atom. The van der Waals surface area contributed by atoms with Gasteiger partial charge in [0.2, 0.25) is 0 Å². The Morgan fingerprint density at radius 2 is 1.70 bits per heavy atom. The first kappa shape index (κ1) is 13.8. The fourth-order valence-corrected chi connectivity index (χ4v) is 3.16. The molecule has 4 rings (SSSR count). The molecule has 0 saturated carbocycles. The van der Waals surface area contributed by atoms with Gasteiger partial charge >= 0.3 is 0 Å². The van der Waals surface area contributed by atoms with Gasteiger partial charge in [-0.15, -0.1) is 0 Å². The average Bonchev–Trinajstić information content (AvgIpc) is 2.93. The van der Waals surface area contributed by atoms with Crippen molar-refractivity contribution in [1.82, 2.24) is 9.78 Å². The number of hydrogen-bond donors (Lipinski definition) is 1. The third-order valence-electron chi connectivity index (χ3n) is 4.25. The molecule has 2 aromatic carbocycles. The van der Waals surface area contributed by atoms with Crippen molar-refractivity contribution >= 4 is 11.7 Å². The molecule has 0 aliphatic carbocycles. The van der Waals surface area contributed by atoms with E-state index in [1.165, 1.54) is 4.68 Å². The second-order valence-corrected chi connectivity index (χ2v) is 5.79. The molecule has 1 aliphatic heterocycles. The highest BCUT2D eigenvalue weighted by atomic mass is 16.2. The third kappa shape index (κ3) is 2.32. The number of aryl methyl sites for hydroxylation is 1. The minimum absolute atomic E-state index is 0.0187. The molecular formula is C19H17N3O. The smallest absolute Gasteiger partial charge is 0.251 e. The molecule has 0 saturated heterocycles. The monoisotopic (exact) mass is 303 g/mol. The van der Waals surface area contributed by atoms with Crippen LogP contribution in [-0.4, -0.2) is 15.7 Å². The second-order valence-electron chi connectivity index (χ2n) is 5.79. The number of aromatic nitrogens is 2. The Morgan fingerprint density at radius 1 is 1.04 bits per heavy atom. The molecule has 4 heteroatoms. The lowest BCUT2D eigenvalue weighted by Crippen LogP contribution is -2.28. The van der Waals surface area contributed by atoms with Gasteiger partial charge in [-0.2, -0.15) is 9.78 Å². The van der Waals surface area contributed by atoms with Gasteiger partial charge in [0.25, 0.3) is 5.91 Å². The molecule has 0 bridgehead atoms. The molecule has 0 fully saturated rings. The SMILES string of the molecule is Cc1nn2c(c1-c1ccccc1)N[C@H](c1ccccc1)CC2=O. The molecule has 0 amide bonds. The largest absolute Gasteiger partial charge is 0.362 e. The van der Waals surface area contributed by atoms with Gasteiger partial charge in [-0.1, -0.05) is 60.7 Å². The first-order valence-corrected chi connectivity index (χ1v) is 7.74. The molecule has 2 heterocycles. The van der Waals surface area contributed by atoms with Crippen LogP contribution in [0.3, 0.4) is 0 Å². The van der Waals surface area contributed by atoms with Crippen LogP contribution in [0.5, 0.6) is 0 Å². The van der Waals surface area contributed by atoms with E-state index in [2.05, 4.69) is 10.4 Å². The maximum Gasteiger partial charge on any atom is 0.251 e. The number of carbonyl (C=O) groups is 1. The van der Waals surface area contributed by atoms with Crippen LogP contribution in [0.25, 0.3) is 11.1 Å². The molecule has 1 aliphatic rings. The van der Waals surface area contributed by atoms with Crippen molar-refractivity contribution in [1.29, 1.82) is 0 Å². The van der Waals surface area contributed by atoms with Crippen molar-refractivity contribution in [2.24, 2.45) is 0 Å². The normalized spacial score (nSPS) is 16.7. The predicted molar refractivity (Wildman–Crippen MR) is 90.4 cm³/mol. The number of rotatable bonds is 2. The highest BCUT2D eigenvalue weighted by Crippen LogP contribution is 2.37. The van der Waals surface area contributed by atoms with Crippen molar-refractivity contribution < 1.29 is 4.79 Å². The topological polar surface area (TPSA) is 46.9 Å². The van der Waals surface area contributed by atoms with Crippen LogP contribution in [0.2, 0.25) is 0 Å². The second kappa shape index (κ2) is 5.39. The lowest BCUT2D eigenvalue weighted by atomic mass is 10.00. The van der Waals surface area contributed by atoms with Crippen LogP contribution in [0.1, 0.15) is 28.5 Å². The summed E-state index contributed by atoms with van der Waals surface area (Å²) in [4.78, 5) is 12.5. The number of nitrogens with one attached hydrogen (secondary N) is 1. The van der Waals surface area contributed by atoms with Crippen LogP contribution in [0.15, 0.2) is 60.7 Å². The summed E-state index contributed by atoms with van der Waals surface area (Å²) in [5.74, 6) is 0.816. The molecule has 1 atom stereocenters. The lowest BCUT2D eigenvalue weighted by molar-refractivity contribution is 0.0872. The first-order chi connectivity index (χ1) is 11.2. The summed E-state index contributed by atoms with van der Waals surface area (Å²) in [7, 11) is 0. The van der Waals surface area contributed by atoms with E-state index in [1.54, 1.807) is 0 Å². The fraction of sp³-hybridized carbons (Fsp3) is 0.158. The Kier molecular flexibility index (Phi) is 3.23. The fourth-order valence-electron chi connectivity index (χ4n) is 3.16. The molecule has 0 spiro atoms. The Bertz CT molecular complexity index is 853. The van der Waals surface area contributed by atoms with E-state index in [1.807, 2.05) is 67.6 Å². The van der Waals surface area contributed by atoms with Gasteiger partial charge in [0.15, 0.2) is 0 Å². The van der Waals surface area contributed by atoms with E-state index in [9.17, 15) is 4.79 Å². The molecule has 1 N–H and O–H groups in total. The summed E-state index contributed by atoms with van der Waals surface area (Å²) in [6, 6.07) is 20.1. The zero-order valence-electron chi connectivity index (χ0n) is 12.9. The quantitative estimate of drug-likeness (QED) is 0.776. The Labute approximate surface area is 134 Å². The van der Waals surface area contributed by atoms with Gasteiger partial charge in [-0.05, 0) is 18.1 Å². The highest BCUT2D eigenvalue weighted by molar-refractivity contribution is 5.91. The van der Waals surface area contributed by atoms with Crippen molar-refractivity contribution in [3.05, 3.63) is 71.9 Å². The van der Waals surface area contributed by atoms with E-state index in [-0.39, 0.29) is 11.9 Å². The molecule has 0 radical (unpaired) electrons. The molecule has 1 aromatic heterocycles. The van der Waals surface area contributed by atoms with Crippen LogP contribution < -0.4 is 5.32 Å². The summed E-state index contributed by atoms with van der Waals surface area (Å²) in [5.41, 5.74) is 4.05. The van der Waals surface area contributed by atoms with E-state index >= 15 is 0 Å². The standard InChI is InChI=1S/C19H17N3O/c1-13-18(15-10-6-3-7-11-15)19-20-16(12-17(23)22(19)21-13)14-8-4-2-5-9-14/h2-11,16,20H,12H2,1H3/t16-/m0/s1. The number of nitrogens with zero attached hydrogens (tertiary/aromatic N) is 2. The maximum absolute atomic E-state index is 12.5. The van der Waals surface area contributed by atoms with Gasteiger partial charge in [0.05, 0.1) is 18.2 Å². The lowest BCUT2D eigenvalue weighted by Gasteiger charge is -2.25. The number of benzene rings is 2. The van der Waals surface area contributed by atoms with E-state index < -0.39 is 0 Å². The van der Waals surface area contributed by atoms with Crippen LogP contribution in [-0.2, 0) is 0 Å². The van der Waals surface area contributed by atoms with Crippen LogP contribution in [0.4, 0.5) is 5.82 Å². The molecule has 0 unspecified atom stereocenters. The average molecular weight is 303 g/mol. The molecule has 23 heavy (non-hydrogen) atoms. The van der Waals surface area contributed by atoms with Gasteiger partial charge < -0.3 is 5.32 Å². The Hall–Kier alpha value is -2.88. The number of fused-ring (bicyclic) bond motifs is 1. The summed E-state index contributed by atoms with van der Waals surface area (Å²) >= 11 is 0. The van der Waals surface area contributed by atoms with Crippen LogP contribution in [0, 0.1) is 6.92 Å². The van der Waals surface area contributed by atoms with Gasteiger partial charge in [-0.25, -0.2) is 0 Å². The van der Waals surface area contributed by atoms with Crippen LogP contribution >= 0.6 is 0 Å². The molecule has 4 nitrogen and oxygen atoms in total. The highest BCUT2D eigenvalue weighted by Gasteiger charge is 2.30. The van der Waals surface area contributed by atoms with Gasteiger partial charge in [0.1, 0.15) is 5.82 Å². The molecule has 114 valence electrons. The number of anilines is 1. The molecular weight excluding hydrogens is 286 g/mol. The summed E-state index contributed by atoms with van der Waals surface area (Å²) in [6.45, 7) is 1.94. The summed E-state index contributed by atoms with van der Waals surface area (Å²) in [5, 5.41) is 7.95. The van der Waals surface area contributed by atoms with Gasteiger partial charge in [-0.3, -0.25) is 4.79 Å². The maximum atomic E-state index is 12.5. The minimum Gasteiger partial charge on any atom is -0.362 e. The molecule has 3 aromatic rings. The predicted octanol–water partition coefficient (Wildman–Crippen LogP) is 4.06. The van der Waals surface area contributed by atoms with Crippen molar-refractivity contribution in [3.63, 3.8) is 0 Å². The number of carbonyl (C=O) groups excluding carboxylic acids is 1. The zero-order valence-corrected chi connectivity index (χ0v) is 12.9. The van der Waals surface area contributed by atoms with Crippen molar-refractivity contribution in [3.8, 4) is 11.1 Å². The number of hydrogen-bond acceptors (Lipinski definition) is 3. The zero-order chi connectivity index (χ0) is 15.8. The summed E-state index contributed by atoms with van der Waals surface area (Å²) < 4.78 is 1.51. The van der Waals surface area contributed by atoms with Crippen molar-refractivity contribution in [2.45, 2.75) is 19.4 Å². The first-order valence-electron chi connectivity index (χ1n) is 7.74. The van der Waals surface area contributed by atoms with Gasteiger partial charge in [0, 0.05) is 5.56 Å².